The number of aromatic nitrogens is 1. The fraction of sp³-hybridized carbons (Fsp3) is 0.375. The maximum atomic E-state index is 13.2. The summed E-state index contributed by atoms with van der Waals surface area (Å²) in [4.78, 5) is 16.5. The molecule has 0 radical (unpaired) electrons. The lowest BCUT2D eigenvalue weighted by molar-refractivity contribution is 0.0890. The fourth-order valence-electron chi connectivity index (χ4n) is 3.33. The first-order valence-electron chi connectivity index (χ1n) is 7.73. The van der Waals surface area contributed by atoms with Gasteiger partial charge in [0.05, 0.1) is 6.20 Å². The lowest BCUT2D eigenvalue weighted by Gasteiger charge is -2.20. The van der Waals surface area contributed by atoms with Crippen molar-refractivity contribution in [2.24, 2.45) is 0 Å². The lowest BCUT2D eigenvalue weighted by Crippen LogP contribution is -2.43. The Bertz CT molecular complexity index is 762. The number of nitrogens with zero attached hydrogens (tertiary/aromatic N) is 1. The Morgan fingerprint density at radius 2 is 2.08 bits per heavy atom. The van der Waals surface area contributed by atoms with Crippen LogP contribution in [0.15, 0.2) is 38.8 Å². The number of hydrogen-bond acceptors (Lipinski definition) is 5. The van der Waals surface area contributed by atoms with Crippen molar-refractivity contribution in [1.29, 1.82) is 0 Å². The van der Waals surface area contributed by atoms with E-state index in [0.717, 1.165) is 37.1 Å². The van der Waals surface area contributed by atoms with E-state index in [1.807, 2.05) is 0 Å². The fourth-order valence-corrected chi connectivity index (χ4v) is 4.13. The average molecular weight is 351 g/mol. The Morgan fingerprint density at radius 1 is 1.29 bits per heavy atom. The van der Waals surface area contributed by atoms with E-state index < -0.39 is 11.6 Å². The van der Waals surface area contributed by atoms with Gasteiger partial charge in [-0.05, 0) is 31.4 Å². The second-order valence-electron chi connectivity index (χ2n) is 6.05. The van der Waals surface area contributed by atoms with Crippen LogP contribution in [0.4, 0.5) is 8.78 Å². The molecule has 0 aliphatic carbocycles. The van der Waals surface area contributed by atoms with E-state index in [-0.39, 0.29) is 17.8 Å². The summed E-state index contributed by atoms with van der Waals surface area (Å²) >= 11 is 1.01. The van der Waals surface area contributed by atoms with Crippen molar-refractivity contribution < 1.29 is 18.0 Å². The summed E-state index contributed by atoms with van der Waals surface area (Å²) in [6, 6.07) is 4.08. The molecule has 0 saturated carbocycles. The van der Waals surface area contributed by atoms with Gasteiger partial charge in [-0.1, -0.05) is 11.8 Å². The normalized spacial score (nSPS) is 25.2. The summed E-state index contributed by atoms with van der Waals surface area (Å²) in [5.74, 6) is -1.75. The molecule has 4 rings (SSSR count). The molecule has 8 heteroatoms. The van der Waals surface area contributed by atoms with Gasteiger partial charge in [0, 0.05) is 29.1 Å². The Balaban J connectivity index is 1.41. The van der Waals surface area contributed by atoms with Gasteiger partial charge < -0.3 is 15.1 Å². The molecule has 1 aromatic heterocycles. The maximum Gasteiger partial charge on any atom is 0.307 e. The zero-order valence-electron chi connectivity index (χ0n) is 12.6. The number of rotatable bonds is 4. The van der Waals surface area contributed by atoms with Crippen molar-refractivity contribution >= 4 is 17.7 Å². The first kappa shape index (κ1) is 15.6. The molecule has 2 N–H and O–H groups in total. The molecule has 2 fully saturated rings. The number of carbonyl (C=O) groups excluding carboxylic acids is 1. The van der Waals surface area contributed by atoms with Crippen molar-refractivity contribution in [2.75, 3.05) is 0 Å². The summed E-state index contributed by atoms with van der Waals surface area (Å²) < 4.78 is 31.8. The first-order chi connectivity index (χ1) is 11.6. The zero-order chi connectivity index (χ0) is 16.7. The highest BCUT2D eigenvalue weighted by molar-refractivity contribution is 7.99. The smallest absolute Gasteiger partial charge is 0.307 e. The van der Waals surface area contributed by atoms with Crippen molar-refractivity contribution in [3.8, 4) is 0 Å². The number of nitrogens with one attached hydrogen (secondary N) is 2. The molecular weight excluding hydrogens is 336 g/mol. The van der Waals surface area contributed by atoms with Gasteiger partial charge in [0.2, 0.25) is 0 Å². The minimum atomic E-state index is -0.668. The van der Waals surface area contributed by atoms with Gasteiger partial charge in [0.15, 0.2) is 5.09 Å². The molecule has 24 heavy (non-hydrogen) atoms. The van der Waals surface area contributed by atoms with Crippen LogP contribution in [0.3, 0.4) is 0 Å². The van der Waals surface area contributed by atoms with Gasteiger partial charge in [-0.25, -0.2) is 13.8 Å². The van der Waals surface area contributed by atoms with Crippen LogP contribution in [0, 0.1) is 11.6 Å². The van der Waals surface area contributed by atoms with E-state index in [0.29, 0.717) is 22.1 Å². The number of amides is 1. The molecule has 2 aliphatic heterocycles. The summed E-state index contributed by atoms with van der Waals surface area (Å²) in [7, 11) is 0. The van der Waals surface area contributed by atoms with E-state index in [1.54, 1.807) is 0 Å². The standard InChI is InChI=1S/C16H15F2N3O2S/c17-8-3-9(18)5-11(4-8)24-14-7-19-16(23-14)15(22)21-13-6-10-1-2-12(13)20-10/h3-5,7,10,12-13,20H,1-2,6H2,(H,21,22)/t10-,12+,13-/m1/s1. The van der Waals surface area contributed by atoms with Gasteiger partial charge in [-0.2, -0.15) is 0 Å². The third kappa shape index (κ3) is 3.16. The Morgan fingerprint density at radius 3 is 2.75 bits per heavy atom. The van der Waals surface area contributed by atoms with Crippen LogP contribution < -0.4 is 10.6 Å². The molecule has 2 aromatic rings. The highest BCUT2D eigenvalue weighted by Crippen LogP contribution is 2.30. The third-order valence-electron chi connectivity index (χ3n) is 4.35. The molecule has 2 bridgehead atoms. The minimum Gasteiger partial charge on any atom is -0.425 e. The number of halogens is 2. The molecule has 5 nitrogen and oxygen atoms in total. The summed E-state index contributed by atoms with van der Waals surface area (Å²) in [5.41, 5.74) is 0. The van der Waals surface area contributed by atoms with Gasteiger partial charge >= 0.3 is 5.91 Å². The van der Waals surface area contributed by atoms with Crippen LogP contribution in [0.1, 0.15) is 29.9 Å². The van der Waals surface area contributed by atoms with Crippen LogP contribution in [0.2, 0.25) is 0 Å². The molecule has 126 valence electrons. The molecule has 2 saturated heterocycles. The van der Waals surface area contributed by atoms with E-state index in [1.165, 1.54) is 18.3 Å². The van der Waals surface area contributed by atoms with Gasteiger partial charge in [-0.15, -0.1) is 0 Å². The SMILES string of the molecule is O=C(N[C@@H]1C[C@H]2CC[C@@H]1N2)c1ncc(Sc2cc(F)cc(F)c2)o1. The summed E-state index contributed by atoms with van der Waals surface area (Å²) in [6.45, 7) is 0. The number of fused-ring (bicyclic) bond motifs is 2. The third-order valence-corrected chi connectivity index (χ3v) is 5.21. The number of oxazole rings is 1. The van der Waals surface area contributed by atoms with E-state index >= 15 is 0 Å². The maximum absolute atomic E-state index is 13.2. The molecule has 1 amide bonds. The van der Waals surface area contributed by atoms with Crippen LogP contribution in [-0.4, -0.2) is 29.0 Å². The van der Waals surface area contributed by atoms with E-state index in [4.69, 9.17) is 4.42 Å². The number of benzene rings is 1. The van der Waals surface area contributed by atoms with Crippen molar-refractivity contribution in [1.82, 2.24) is 15.6 Å². The van der Waals surface area contributed by atoms with Crippen molar-refractivity contribution in [3.05, 3.63) is 41.9 Å². The molecule has 3 heterocycles. The molecule has 2 aliphatic rings. The van der Waals surface area contributed by atoms with Crippen molar-refractivity contribution in [3.63, 3.8) is 0 Å². The lowest BCUT2D eigenvalue weighted by atomic mass is 9.95. The summed E-state index contributed by atoms with van der Waals surface area (Å²) in [5, 5.41) is 6.68. The van der Waals surface area contributed by atoms with Gasteiger partial charge in [0.25, 0.3) is 5.89 Å². The second kappa shape index (κ2) is 6.18. The van der Waals surface area contributed by atoms with Crippen LogP contribution in [-0.2, 0) is 0 Å². The first-order valence-corrected chi connectivity index (χ1v) is 8.55. The highest BCUT2D eigenvalue weighted by Gasteiger charge is 2.40. The van der Waals surface area contributed by atoms with Crippen molar-refractivity contribution in [2.45, 2.75) is 47.4 Å². The van der Waals surface area contributed by atoms with Gasteiger partial charge in [0.1, 0.15) is 11.6 Å². The topological polar surface area (TPSA) is 67.2 Å². The monoisotopic (exact) mass is 351 g/mol. The Kier molecular flexibility index (Phi) is 4.01. The molecule has 3 atom stereocenters. The van der Waals surface area contributed by atoms with Crippen LogP contribution >= 0.6 is 11.8 Å². The molecule has 1 aromatic carbocycles. The predicted molar refractivity (Wildman–Crippen MR) is 82.8 cm³/mol. The number of hydrogen-bond donors (Lipinski definition) is 2. The molecule has 0 unspecified atom stereocenters. The largest absolute Gasteiger partial charge is 0.425 e. The highest BCUT2D eigenvalue weighted by atomic mass is 32.2. The van der Waals surface area contributed by atoms with Crippen LogP contribution in [0.25, 0.3) is 0 Å². The quantitative estimate of drug-likeness (QED) is 0.887. The predicted octanol–water partition coefficient (Wildman–Crippen LogP) is 2.73. The zero-order valence-corrected chi connectivity index (χ0v) is 13.4. The van der Waals surface area contributed by atoms with E-state index in [9.17, 15) is 13.6 Å². The van der Waals surface area contributed by atoms with Crippen LogP contribution in [0.5, 0.6) is 0 Å². The minimum absolute atomic E-state index is 0.0443. The average Bonchev–Trinajstić information content (AvgIpc) is 3.22. The second-order valence-corrected chi connectivity index (χ2v) is 7.13. The number of carbonyl (C=O) groups is 1. The molecular formula is C16H15F2N3O2S. The molecule has 0 spiro atoms. The Hall–Kier alpha value is -1.93. The Labute approximate surface area is 141 Å². The summed E-state index contributed by atoms with van der Waals surface area (Å²) in [6.07, 6.45) is 4.51. The van der Waals surface area contributed by atoms with E-state index in [2.05, 4.69) is 15.6 Å². The van der Waals surface area contributed by atoms with Gasteiger partial charge in [-0.3, -0.25) is 4.79 Å².